The van der Waals surface area contributed by atoms with Crippen LogP contribution in [0.3, 0.4) is 0 Å². The molecule has 1 saturated carbocycles. The Morgan fingerprint density at radius 1 is 1.61 bits per heavy atom. The van der Waals surface area contributed by atoms with Crippen LogP contribution < -0.4 is 5.32 Å². The number of pyridine rings is 1. The van der Waals surface area contributed by atoms with Crippen LogP contribution in [-0.2, 0) is 0 Å². The highest BCUT2D eigenvalue weighted by molar-refractivity contribution is 5.59. The van der Waals surface area contributed by atoms with Gasteiger partial charge in [0.2, 0.25) is 5.82 Å². The van der Waals surface area contributed by atoms with E-state index in [-0.39, 0.29) is 10.6 Å². The summed E-state index contributed by atoms with van der Waals surface area (Å²) < 4.78 is 0. The first-order valence-corrected chi connectivity index (χ1v) is 6.13. The molecule has 1 heterocycles. The predicted octanol–water partition coefficient (Wildman–Crippen LogP) is 1.80. The molecule has 18 heavy (non-hydrogen) atoms. The Morgan fingerprint density at radius 2 is 2.33 bits per heavy atom. The average molecular weight is 250 g/mol. The standard InChI is InChI=1S/C12H18N4O2/c1-9-5-6-13-12(11(9)16(17)18)14-7-8-15(2)10-3-4-10/h5-6,10H,3-4,7-8H2,1-2H3,(H,13,14). The van der Waals surface area contributed by atoms with Crippen molar-refractivity contribution >= 4 is 11.5 Å². The number of aryl methyl sites for hydroxylation is 1. The number of nitro groups is 1. The van der Waals surface area contributed by atoms with E-state index in [0.29, 0.717) is 24.0 Å². The van der Waals surface area contributed by atoms with E-state index in [1.54, 1.807) is 19.2 Å². The number of rotatable bonds is 6. The molecule has 2 rings (SSSR count). The molecule has 0 bridgehead atoms. The van der Waals surface area contributed by atoms with Crippen molar-refractivity contribution in [2.75, 3.05) is 25.5 Å². The molecule has 0 atom stereocenters. The van der Waals surface area contributed by atoms with Crippen LogP contribution in [0, 0.1) is 17.0 Å². The summed E-state index contributed by atoms with van der Waals surface area (Å²) in [5.74, 6) is 0.365. The molecule has 0 unspecified atom stereocenters. The number of likely N-dealkylation sites (N-methyl/N-ethyl adjacent to an activating group) is 1. The lowest BCUT2D eigenvalue weighted by Gasteiger charge is -2.16. The quantitative estimate of drug-likeness (QED) is 0.615. The highest BCUT2D eigenvalue weighted by atomic mass is 16.6. The Kier molecular flexibility index (Phi) is 3.76. The zero-order valence-corrected chi connectivity index (χ0v) is 10.7. The maximum Gasteiger partial charge on any atom is 0.314 e. The summed E-state index contributed by atoms with van der Waals surface area (Å²) in [4.78, 5) is 16.9. The van der Waals surface area contributed by atoms with Gasteiger partial charge in [-0.2, -0.15) is 0 Å². The van der Waals surface area contributed by atoms with Crippen molar-refractivity contribution in [2.45, 2.75) is 25.8 Å². The Balaban J connectivity index is 1.95. The molecule has 0 aromatic carbocycles. The maximum atomic E-state index is 11.0. The molecule has 1 aromatic rings. The minimum absolute atomic E-state index is 0.0755. The summed E-state index contributed by atoms with van der Waals surface area (Å²) in [6.07, 6.45) is 4.12. The van der Waals surface area contributed by atoms with Gasteiger partial charge in [-0.15, -0.1) is 0 Å². The third-order valence-electron chi connectivity index (χ3n) is 3.24. The second kappa shape index (κ2) is 5.30. The summed E-state index contributed by atoms with van der Waals surface area (Å²) in [5.41, 5.74) is 0.708. The fourth-order valence-corrected chi connectivity index (χ4v) is 1.96. The van der Waals surface area contributed by atoms with Crippen LogP contribution in [-0.4, -0.2) is 41.0 Å². The minimum Gasteiger partial charge on any atom is -0.363 e. The van der Waals surface area contributed by atoms with Crippen LogP contribution in [0.5, 0.6) is 0 Å². The second-order valence-corrected chi connectivity index (χ2v) is 4.72. The van der Waals surface area contributed by atoms with Crippen molar-refractivity contribution in [3.63, 3.8) is 0 Å². The lowest BCUT2D eigenvalue weighted by Crippen LogP contribution is -2.27. The van der Waals surface area contributed by atoms with Crippen LogP contribution in [0.1, 0.15) is 18.4 Å². The fraction of sp³-hybridized carbons (Fsp3) is 0.583. The van der Waals surface area contributed by atoms with Crippen molar-refractivity contribution in [3.05, 3.63) is 27.9 Å². The molecule has 0 radical (unpaired) electrons. The van der Waals surface area contributed by atoms with Gasteiger partial charge in [0.15, 0.2) is 0 Å². The fourth-order valence-electron chi connectivity index (χ4n) is 1.96. The molecule has 6 nitrogen and oxygen atoms in total. The molecule has 1 aromatic heterocycles. The molecule has 0 amide bonds. The van der Waals surface area contributed by atoms with E-state index in [1.165, 1.54) is 12.8 Å². The third-order valence-corrected chi connectivity index (χ3v) is 3.24. The maximum absolute atomic E-state index is 11.0. The van der Waals surface area contributed by atoms with E-state index in [9.17, 15) is 10.1 Å². The molecule has 0 aliphatic heterocycles. The topological polar surface area (TPSA) is 71.3 Å². The zero-order valence-electron chi connectivity index (χ0n) is 10.7. The molecule has 0 saturated heterocycles. The van der Waals surface area contributed by atoms with E-state index in [1.807, 2.05) is 0 Å². The molecular formula is C12H18N4O2. The molecule has 98 valence electrons. The SMILES string of the molecule is Cc1ccnc(NCCN(C)C2CC2)c1[N+](=O)[O-]. The average Bonchev–Trinajstić information content (AvgIpc) is 3.12. The van der Waals surface area contributed by atoms with Gasteiger partial charge < -0.3 is 10.2 Å². The van der Waals surface area contributed by atoms with Crippen molar-refractivity contribution in [1.29, 1.82) is 0 Å². The third kappa shape index (κ3) is 2.95. The molecule has 1 N–H and O–H groups in total. The van der Waals surface area contributed by atoms with Gasteiger partial charge >= 0.3 is 5.69 Å². The lowest BCUT2D eigenvalue weighted by molar-refractivity contribution is -0.384. The van der Waals surface area contributed by atoms with E-state index in [4.69, 9.17) is 0 Å². The summed E-state index contributed by atoms with van der Waals surface area (Å²) in [6.45, 7) is 3.27. The van der Waals surface area contributed by atoms with Gasteiger partial charge in [0.25, 0.3) is 0 Å². The second-order valence-electron chi connectivity index (χ2n) is 4.72. The molecule has 0 spiro atoms. The summed E-state index contributed by atoms with van der Waals surface area (Å²) in [7, 11) is 2.08. The monoisotopic (exact) mass is 250 g/mol. The Morgan fingerprint density at radius 3 is 2.94 bits per heavy atom. The Labute approximate surface area is 106 Å². The van der Waals surface area contributed by atoms with E-state index in [0.717, 1.165) is 6.54 Å². The van der Waals surface area contributed by atoms with Gasteiger partial charge in [0, 0.05) is 30.9 Å². The first-order chi connectivity index (χ1) is 8.59. The van der Waals surface area contributed by atoms with Crippen LogP contribution in [0.2, 0.25) is 0 Å². The zero-order chi connectivity index (χ0) is 13.1. The molecule has 1 aliphatic carbocycles. The Bertz CT molecular complexity index is 446. The van der Waals surface area contributed by atoms with Crippen LogP contribution in [0.25, 0.3) is 0 Å². The molecular weight excluding hydrogens is 232 g/mol. The van der Waals surface area contributed by atoms with Gasteiger partial charge in [0.1, 0.15) is 0 Å². The first-order valence-electron chi connectivity index (χ1n) is 6.13. The van der Waals surface area contributed by atoms with Gasteiger partial charge in [-0.1, -0.05) is 0 Å². The predicted molar refractivity (Wildman–Crippen MR) is 69.8 cm³/mol. The van der Waals surface area contributed by atoms with Gasteiger partial charge in [-0.3, -0.25) is 10.1 Å². The smallest absolute Gasteiger partial charge is 0.314 e. The number of hydrogen-bond donors (Lipinski definition) is 1. The van der Waals surface area contributed by atoms with Gasteiger partial charge in [-0.05, 0) is 32.9 Å². The van der Waals surface area contributed by atoms with E-state index in [2.05, 4.69) is 22.2 Å². The van der Waals surface area contributed by atoms with E-state index >= 15 is 0 Å². The van der Waals surface area contributed by atoms with Crippen molar-refractivity contribution in [3.8, 4) is 0 Å². The first kappa shape index (κ1) is 12.8. The number of hydrogen-bond acceptors (Lipinski definition) is 5. The van der Waals surface area contributed by atoms with Crippen LogP contribution in [0.4, 0.5) is 11.5 Å². The number of nitrogens with one attached hydrogen (secondary N) is 1. The van der Waals surface area contributed by atoms with Crippen LogP contribution >= 0.6 is 0 Å². The van der Waals surface area contributed by atoms with E-state index < -0.39 is 0 Å². The number of nitrogens with zero attached hydrogens (tertiary/aromatic N) is 3. The minimum atomic E-state index is -0.380. The normalized spacial score (nSPS) is 14.8. The number of aromatic nitrogens is 1. The van der Waals surface area contributed by atoms with Crippen molar-refractivity contribution in [2.24, 2.45) is 0 Å². The van der Waals surface area contributed by atoms with Crippen molar-refractivity contribution in [1.82, 2.24) is 9.88 Å². The van der Waals surface area contributed by atoms with Gasteiger partial charge in [-0.25, -0.2) is 4.98 Å². The Hall–Kier alpha value is -1.69. The summed E-state index contributed by atoms with van der Waals surface area (Å²) in [5, 5.41) is 14.0. The van der Waals surface area contributed by atoms with Crippen LogP contribution in [0.15, 0.2) is 12.3 Å². The largest absolute Gasteiger partial charge is 0.363 e. The number of anilines is 1. The summed E-state index contributed by atoms with van der Waals surface area (Å²) in [6, 6.07) is 2.35. The molecule has 6 heteroatoms. The highest BCUT2D eigenvalue weighted by Gasteiger charge is 2.25. The highest BCUT2D eigenvalue weighted by Crippen LogP contribution is 2.26. The van der Waals surface area contributed by atoms with Crippen molar-refractivity contribution < 1.29 is 4.92 Å². The molecule has 1 aliphatic rings. The molecule has 1 fully saturated rings. The summed E-state index contributed by atoms with van der Waals surface area (Å²) >= 11 is 0. The van der Waals surface area contributed by atoms with Gasteiger partial charge in [0.05, 0.1) is 4.92 Å². The lowest BCUT2D eigenvalue weighted by atomic mass is 10.2.